The van der Waals surface area contributed by atoms with Crippen LogP contribution in [0.4, 0.5) is 5.69 Å². The summed E-state index contributed by atoms with van der Waals surface area (Å²) in [4.78, 5) is 18.3. The van der Waals surface area contributed by atoms with E-state index >= 15 is 0 Å². The molecule has 4 nitrogen and oxygen atoms in total. The standard InChI is InChI=1S/C17H18ClN3O/c18-16-7-6-14(11-19-16)17(22)20-10-13-8-9-21(12-13)15-4-2-1-3-5-15/h1-7,11,13H,8-10,12H2,(H,20,22). The van der Waals surface area contributed by atoms with Crippen LogP contribution in [0, 0.1) is 5.92 Å². The van der Waals surface area contributed by atoms with Crippen LogP contribution < -0.4 is 10.2 Å². The van der Waals surface area contributed by atoms with E-state index in [1.54, 1.807) is 12.1 Å². The maximum absolute atomic E-state index is 12.1. The summed E-state index contributed by atoms with van der Waals surface area (Å²) >= 11 is 5.72. The minimum atomic E-state index is -0.0951. The van der Waals surface area contributed by atoms with E-state index in [-0.39, 0.29) is 5.91 Å². The first-order chi connectivity index (χ1) is 10.7. The van der Waals surface area contributed by atoms with Gasteiger partial charge in [0, 0.05) is 31.5 Å². The van der Waals surface area contributed by atoms with E-state index in [2.05, 4.69) is 39.5 Å². The molecule has 1 N–H and O–H groups in total. The van der Waals surface area contributed by atoms with Crippen LogP contribution in [0.15, 0.2) is 48.7 Å². The fraction of sp³-hybridized carbons (Fsp3) is 0.294. The number of amides is 1. The van der Waals surface area contributed by atoms with Crippen LogP contribution >= 0.6 is 11.6 Å². The zero-order chi connectivity index (χ0) is 15.4. The van der Waals surface area contributed by atoms with E-state index in [1.165, 1.54) is 11.9 Å². The average molecular weight is 316 g/mol. The highest BCUT2D eigenvalue weighted by Crippen LogP contribution is 2.23. The average Bonchev–Trinajstić information content (AvgIpc) is 3.03. The molecule has 1 aliphatic rings. The van der Waals surface area contributed by atoms with E-state index in [9.17, 15) is 4.79 Å². The predicted molar refractivity (Wildman–Crippen MR) is 88.3 cm³/mol. The number of para-hydroxylation sites is 1. The number of nitrogens with one attached hydrogen (secondary N) is 1. The van der Waals surface area contributed by atoms with Crippen LogP contribution in [0.5, 0.6) is 0 Å². The number of anilines is 1. The van der Waals surface area contributed by atoms with Gasteiger partial charge in [0.25, 0.3) is 5.91 Å². The second-order valence-electron chi connectivity index (χ2n) is 5.52. The molecule has 0 aliphatic carbocycles. The number of aromatic nitrogens is 1. The Labute approximate surface area is 135 Å². The Kier molecular flexibility index (Phi) is 4.59. The Morgan fingerprint density at radius 2 is 2.09 bits per heavy atom. The minimum Gasteiger partial charge on any atom is -0.371 e. The summed E-state index contributed by atoms with van der Waals surface area (Å²) in [6.45, 7) is 2.70. The van der Waals surface area contributed by atoms with Crippen LogP contribution in [0.2, 0.25) is 5.15 Å². The zero-order valence-electron chi connectivity index (χ0n) is 12.2. The molecule has 5 heteroatoms. The monoisotopic (exact) mass is 315 g/mol. The molecular weight excluding hydrogens is 298 g/mol. The van der Waals surface area contributed by atoms with Crippen molar-refractivity contribution in [2.45, 2.75) is 6.42 Å². The van der Waals surface area contributed by atoms with Crippen LogP contribution in [0.1, 0.15) is 16.8 Å². The van der Waals surface area contributed by atoms with Crippen LogP contribution in [-0.4, -0.2) is 30.5 Å². The van der Waals surface area contributed by atoms with Crippen molar-refractivity contribution in [1.29, 1.82) is 0 Å². The van der Waals surface area contributed by atoms with Gasteiger partial charge in [-0.2, -0.15) is 0 Å². The van der Waals surface area contributed by atoms with Gasteiger partial charge in [-0.25, -0.2) is 4.98 Å². The van der Waals surface area contributed by atoms with Crippen LogP contribution in [-0.2, 0) is 0 Å². The minimum absolute atomic E-state index is 0.0951. The molecular formula is C17H18ClN3O. The van der Waals surface area contributed by atoms with Crippen molar-refractivity contribution < 1.29 is 4.79 Å². The van der Waals surface area contributed by atoms with Gasteiger partial charge in [-0.1, -0.05) is 29.8 Å². The first kappa shape index (κ1) is 14.9. The van der Waals surface area contributed by atoms with Gasteiger partial charge in [0.1, 0.15) is 5.15 Å². The third-order valence-corrected chi connectivity index (χ3v) is 4.17. The lowest BCUT2D eigenvalue weighted by Crippen LogP contribution is -2.31. The molecule has 1 aromatic carbocycles. The summed E-state index contributed by atoms with van der Waals surface area (Å²) in [7, 11) is 0. The van der Waals surface area contributed by atoms with Crippen molar-refractivity contribution in [3.05, 3.63) is 59.4 Å². The van der Waals surface area contributed by atoms with Crippen molar-refractivity contribution in [2.24, 2.45) is 5.92 Å². The van der Waals surface area contributed by atoms with Crippen molar-refractivity contribution in [2.75, 3.05) is 24.5 Å². The fourth-order valence-electron chi connectivity index (χ4n) is 2.72. The molecule has 1 aromatic heterocycles. The number of rotatable bonds is 4. The molecule has 2 heterocycles. The van der Waals surface area contributed by atoms with Crippen molar-refractivity contribution >= 4 is 23.2 Å². The van der Waals surface area contributed by atoms with Gasteiger partial charge in [0.2, 0.25) is 0 Å². The summed E-state index contributed by atoms with van der Waals surface area (Å²) in [5.41, 5.74) is 1.79. The van der Waals surface area contributed by atoms with Gasteiger partial charge >= 0.3 is 0 Å². The largest absolute Gasteiger partial charge is 0.371 e. The van der Waals surface area contributed by atoms with Crippen molar-refractivity contribution in [3.63, 3.8) is 0 Å². The number of nitrogens with zero attached hydrogens (tertiary/aromatic N) is 2. The predicted octanol–water partition coefficient (Wildman–Crippen LogP) is 2.99. The fourth-order valence-corrected chi connectivity index (χ4v) is 2.83. The van der Waals surface area contributed by atoms with Gasteiger partial charge in [-0.15, -0.1) is 0 Å². The molecule has 1 atom stereocenters. The first-order valence-corrected chi connectivity index (χ1v) is 7.80. The second-order valence-corrected chi connectivity index (χ2v) is 5.90. The van der Waals surface area contributed by atoms with Crippen molar-refractivity contribution in [1.82, 2.24) is 10.3 Å². The lowest BCUT2D eigenvalue weighted by atomic mass is 10.1. The van der Waals surface area contributed by atoms with Crippen LogP contribution in [0.3, 0.4) is 0 Å². The Morgan fingerprint density at radius 3 is 2.82 bits per heavy atom. The number of carbonyl (C=O) groups is 1. The number of hydrogen-bond acceptors (Lipinski definition) is 3. The Bertz CT molecular complexity index is 630. The highest BCUT2D eigenvalue weighted by molar-refractivity contribution is 6.29. The smallest absolute Gasteiger partial charge is 0.252 e. The molecule has 114 valence electrons. The lowest BCUT2D eigenvalue weighted by Gasteiger charge is -2.18. The lowest BCUT2D eigenvalue weighted by molar-refractivity contribution is 0.0948. The number of carbonyl (C=O) groups excluding carboxylic acids is 1. The highest BCUT2D eigenvalue weighted by Gasteiger charge is 2.23. The molecule has 0 saturated carbocycles. The number of benzene rings is 1. The summed E-state index contributed by atoms with van der Waals surface area (Å²) in [5.74, 6) is 0.381. The Balaban J connectivity index is 1.50. The van der Waals surface area contributed by atoms with E-state index in [0.29, 0.717) is 23.2 Å². The molecule has 1 aliphatic heterocycles. The molecule has 0 bridgehead atoms. The molecule has 1 amide bonds. The third-order valence-electron chi connectivity index (χ3n) is 3.95. The number of hydrogen-bond donors (Lipinski definition) is 1. The molecule has 2 aromatic rings. The third kappa shape index (κ3) is 3.57. The molecule has 1 fully saturated rings. The Morgan fingerprint density at radius 1 is 1.27 bits per heavy atom. The molecule has 0 spiro atoms. The van der Waals surface area contributed by atoms with E-state index in [0.717, 1.165) is 19.5 Å². The molecule has 1 saturated heterocycles. The second kappa shape index (κ2) is 6.79. The topological polar surface area (TPSA) is 45.2 Å². The van der Waals surface area contributed by atoms with Crippen LogP contribution in [0.25, 0.3) is 0 Å². The number of halogens is 1. The first-order valence-electron chi connectivity index (χ1n) is 7.42. The SMILES string of the molecule is O=C(NCC1CCN(c2ccccc2)C1)c1ccc(Cl)nc1. The molecule has 22 heavy (non-hydrogen) atoms. The van der Waals surface area contributed by atoms with E-state index in [1.807, 2.05) is 6.07 Å². The summed E-state index contributed by atoms with van der Waals surface area (Å²) in [6.07, 6.45) is 2.59. The van der Waals surface area contributed by atoms with E-state index in [4.69, 9.17) is 11.6 Å². The van der Waals surface area contributed by atoms with Gasteiger partial charge in [-0.05, 0) is 36.6 Å². The maximum atomic E-state index is 12.1. The van der Waals surface area contributed by atoms with Crippen molar-refractivity contribution in [3.8, 4) is 0 Å². The highest BCUT2D eigenvalue weighted by atomic mass is 35.5. The molecule has 0 radical (unpaired) electrons. The van der Waals surface area contributed by atoms with Gasteiger partial charge in [-0.3, -0.25) is 4.79 Å². The van der Waals surface area contributed by atoms with Gasteiger partial charge in [0.15, 0.2) is 0 Å². The normalized spacial score (nSPS) is 17.5. The molecule has 3 rings (SSSR count). The summed E-state index contributed by atoms with van der Waals surface area (Å²) in [5, 5.41) is 3.38. The summed E-state index contributed by atoms with van der Waals surface area (Å²) in [6, 6.07) is 13.7. The zero-order valence-corrected chi connectivity index (χ0v) is 13.0. The van der Waals surface area contributed by atoms with Gasteiger partial charge in [0.05, 0.1) is 5.56 Å². The Hall–Kier alpha value is -2.07. The quantitative estimate of drug-likeness (QED) is 0.882. The van der Waals surface area contributed by atoms with Gasteiger partial charge < -0.3 is 10.2 Å². The molecule has 1 unspecified atom stereocenters. The maximum Gasteiger partial charge on any atom is 0.252 e. The van der Waals surface area contributed by atoms with E-state index < -0.39 is 0 Å². The summed E-state index contributed by atoms with van der Waals surface area (Å²) < 4.78 is 0. The number of pyridine rings is 1.